The summed E-state index contributed by atoms with van der Waals surface area (Å²) < 4.78 is 16.5. The lowest BCUT2D eigenvalue weighted by molar-refractivity contribution is -0.121. The summed E-state index contributed by atoms with van der Waals surface area (Å²) in [5.74, 6) is -0.718. The van der Waals surface area contributed by atoms with Gasteiger partial charge in [0.2, 0.25) is 5.91 Å². The topological polar surface area (TPSA) is 109 Å². The van der Waals surface area contributed by atoms with Crippen LogP contribution in [-0.2, 0) is 17.8 Å². The predicted octanol–water partition coefficient (Wildman–Crippen LogP) is 3.43. The van der Waals surface area contributed by atoms with Crippen LogP contribution in [0, 0.1) is 17.2 Å². The Labute approximate surface area is 173 Å². The van der Waals surface area contributed by atoms with Gasteiger partial charge in [0, 0.05) is 35.3 Å². The number of fused-ring (bicyclic) bond motifs is 1. The number of nitrogens with zero attached hydrogens (tertiary/aromatic N) is 3. The number of rotatable bonds is 4. The van der Waals surface area contributed by atoms with Crippen LogP contribution in [0.2, 0.25) is 0 Å². The minimum atomic E-state index is -1.08. The quantitative estimate of drug-likeness (QED) is 0.709. The maximum atomic E-state index is 14.6. The molecule has 30 heavy (non-hydrogen) atoms. The fourth-order valence-electron chi connectivity index (χ4n) is 4.55. The second-order valence-corrected chi connectivity index (χ2v) is 9.05. The number of nitrogens with one attached hydrogen (secondary N) is 2. The van der Waals surface area contributed by atoms with Crippen molar-refractivity contribution in [2.45, 2.75) is 58.5 Å². The number of carbonyl (C=O) groups excluding carboxylic acids is 1. The van der Waals surface area contributed by atoms with Crippen LogP contribution < -0.4 is 10.6 Å². The fraction of sp³-hybridized carbons (Fsp3) is 0.524. The summed E-state index contributed by atoms with van der Waals surface area (Å²) in [5, 5.41) is 18.5. The van der Waals surface area contributed by atoms with Gasteiger partial charge in [-0.15, -0.1) is 0 Å². The van der Waals surface area contributed by atoms with Gasteiger partial charge >= 0.3 is 6.09 Å². The Morgan fingerprint density at radius 1 is 1.27 bits per heavy atom. The average molecular weight is 415 g/mol. The van der Waals surface area contributed by atoms with Crippen molar-refractivity contribution in [2.75, 3.05) is 5.32 Å². The summed E-state index contributed by atoms with van der Waals surface area (Å²) in [4.78, 5) is 27.6. The van der Waals surface area contributed by atoms with Gasteiger partial charge in [-0.25, -0.2) is 14.2 Å². The molecule has 2 aromatic rings. The van der Waals surface area contributed by atoms with E-state index in [0.717, 1.165) is 43.3 Å². The number of halogens is 1. The van der Waals surface area contributed by atoms with E-state index in [9.17, 15) is 14.0 Å². The van der Waals surface area contributed by atoms with Gasteiger partial charge in [0.25, 0.3) is 0 Å². The molecule has 160 valence electrons. The number of aromatic nitrogens is 3. The molecule has 1 aliphatic heterocycles. The molecule has 8 nitrogen and oxygen atoms in total. The van der Waals surface area contributed by atoms with E-state index in [-0.39, 0.29) is 29.1 Å². The SMILES string of the molecule is CC1(C)Cc2c(-c3cc(NC(=O)[C@@H]4CCC[C@@H](NC(=O)O)C4)ncc3F)cnn2C1. The molecule has 3 heterocycles. The molecule has 0 radical (unpaired) electrons. The molecule has 1 fully saturated rings. The Kier molecular flexibility index (Phi) is 5.21. The highest BCUT2D eigenvalue weighted by molar-refractivity contribution is 5.92. The first kappa shape index (κ1) is 20.3. The molecule has 4 rings (SSSR count). The van der Waals surface area contributed by atoms with Gasteiger partial charge in [0.05, 0.1) is 12.4 Å². The molecule has 1 aliphatic carbocycles. The van der Waals surface area contributed by atoms with Crippen molar-refractivity contribution >= 4 is 17.8 Å². The van der Waals surface area contributed by atoms with Crippen molar-refractivity contribution in [3.8, 4) is 11.1 Å². The Hall–Kier alpha value is -2.97. The fourth-order valence-corrected chi connectivity index (χ4v) is 4.55. The monoisotopic (exact) mass is 415 g/mol. The minimum Gasteiger partial charge on any atom is -0.465 e. The van der Waals surface area contributed by atoms with Gasteiger partial charge < -0.3 is 15.7 Å². The van der Waals surface area contributed by atoms with E-state index in [1.807, 2.05) is 4.68 Å². The summed E-state index contributed by atoms with van der Waals surface area (Å²) in [6, 6.07) is 1.31. The van der Waals surface area contributed by atoms with Crippen molar-refractivity contribution in [2.24, 2.45) is 11.3 Å². The molecule has 0 aromatic carbocycles. The first-order chi connectivity index (χ1) is 14.2. The highest BCUT2D eigenvalue weighted by Gasteiger charge is 2.32. The molecule has 2 aromatic heterocycles. The summed E-state index contributed by atoms with van der Waals surface area (Å²) in [5.41, 5.74) is 2.14. The lowest BCUT2D eigenvalue weighted by Gasteiger charge is -2.28. The first-order valence-electron chi connectivity index (χ1n) is 10.2. The number of carbonyl (C=O) groups is 2. The average Bonchev–Trinajstić information content (AvgIpc) is 3.18. The number of amides is 2. The summed E-state index contributed by atoms with van der Waals surface area (Å²) in [7, 11) is 0. The molecule has 0 bridgehead atoms. The van der Waals surface area contributed by atoms with Crippen LogP contribution in [0.25, 0.3) is 11.1 Å². The van der Waals surface area contributed by atoms with Crippen molar-refractivity contribution in [1.82, 2.24) is 20.1 Å². The van der Waals surface area contributed by atoms with Gasteiger partial charge in [0.1, 0.15) is 11.6 Å². The molecular weight excluding hydrogens is 389 g/mol. The predicted molar refractivity (Wildman–Crippen MR) is 108 cm³/mol. The summed E-state index contributed by atoms with van der Waals surface area (Å²) >= 11 is 0. The van der Waals surface area contributed by atoms with Crippen LogP contribution >= 0.6 is 0 Å². The maximum Gasteiger partial charge on any atom is 0.404 e. The van der Waals surface area contributed by atoms with E-state index in [1.54, 1.807) is 12.3 Å². The molecule has 0 saturated heterocycles. The normalized spacial score (nSPS) is 22.4. The molecule has 0 unspecified atom stereocenters. The lowest BCUT2D eigenvalue weighted by Crippen LogP contribution is -2.40. The van der Waals surface area contributed by atoms with E-state index in [4.69, 9.17) is 5.11 Å². The first-order valence-corrected chi connectivity index (χ1v) is 10.2. The third-order valence-electron chi connectivity index (χ3n) is 5.94. The van der Waals surface area contributed by atoms with Crippen molar-refractivity contribution < 1.29 is 19.1 Å². The van der Waals surface area contributed by atoms with Crippen LogP contribution in [0.15, 0.2) is 18.5 Å². The molecule has 9 heteroatoms. The Bertz CT molecular complexity index is 987. The van der Waals surface area contributed by atoms with E-state index in [2.05, 4.69) is 34.6 Å². The number of carboxylic acid groups (broad SMARTS) is 1. The van der Waals surface area contributed by atoms with Crippen LogP contribution in [0.4, 0.5) is 15.0 Å². The third kappa shape index (κ3) is 4.15. The minimum absolute atomic E-state index is 0.0698. The highest BCUT2D eigenvalue weighted by atomic mass is 19.1. The standard InChI is InChI=1S/C21H26FN5O3/c1-21(2)8-17-15(9-24-27(17)11-21)14-7-18(23-10-16(14)22)26-19(28)12-4-3-5-13(6-12)25-20(29)30/h7,9-10,12-13,25H,3-6,8,11H2,1-2H3,(H,29,30)(H,23,26,28)/t12-,13-/m1/s1. The number of anilines is 1. The summed E-state index contributed by atoms with van der Waals surface area (Å²) in [6.07, 6.45) is 5.11. The zero-order chi connectivity index (χ0) is 21.5. The van der Waals surface area contributed by atoms with E-state index in [1.165, 1.54) is 0 Å². The Morgan fingerprint density at radius 2 is 2.07 bits per heavy atom. The van der Waals surface area contributed by atoms with Gasteiger partial charge in [0.15, 0.2) is 0 Å². The number of hydrogen-bond acceptors (Lipinski definition) is 4. The van der Waals surface area contributed by atoms with Crippen LogP contribution in [0.3, 0.4) is 0 Å². The summed E-state index contributed by atoms with van der Waals surface area (Å²) in [6.45, 7) is 5.08. The van der Waals surface area contributed by atoms with Crippen LogP contribution in [0.1, 0.15) is 45.2 Å². The zero-order valence-electron chi connectivity index (χ0n) is 17.1. The number of hydrogen-bond donors (Lipinski definition) is 3. The second kappa shape index (κ2) is 7.70. The molecule has 0 spiro atoms. The van der Waals surface area contributed by atoms with Crippen molar-refractivity contribution in [3.63, 3.8) is 0 Å². The van der Waals surface area contributed by atoms with Crippen molar-refractivity contribution in [3.05, 3.63) is 30.0 Å². The maximum absolute atomic E-state index is 14.6. The van der Waals surface area contributed by atoms with Gasteiger partial charge in [-0.05, 0) is 37.2 Å². The zero-order valence-corrected chi connectivity index (χ0v) is 17.1. The van der Waals surface area contributed by atoms with Crippen LogP contribution in [0.5, 0.6) is 0 Å². The largest absolute Gasteiger partial charge is 0.465 e. The molecular formula is C21H26FN5O3. The molecule has 2 aliphatic rings. The second-order valence-electron chi connectivity index (χ2n) is 9.05. The number of pyridine rings is 1. The van der Waals surface area contributed by atoms with Gasteiger partial charge in [-0.3, -0.25) is 9.48 Å². The van der Waals surface area contributed by atoms with E-state index in [0.29, 0.717) is 18.4 Å². The molecule has 2 amide bonds. The molecule has 1 saturated carbocycles. The molecule has 3 N–H and O–H groups in total. The van der Waals surface area contributed by atoms with E-state index < -0.39 is 11.9 Å². The van der Waals surface area contributed by atoms with E-state index >= 15 is 0 Å². The smallest absolute Gasteiger partial charge is 0.404 e. The lowest BCUT2D eigenvalue weighted by atomic mass is 9.85. The van der Waals surface area contributed by atoms with Crippen molar-refractivity contribution in [1.29, 1.82) is 0 Å². The van der Waals surface area contributed by atoms with Gasteiger partial charge in [-0.1, -0.05) is 20.3 Å². The Balaban J connectivity index is 1.51. The van der Waals surface area contributed by atoms with Crippen LogP contribution in [-0.4, -0.2) is 37.9 Å². The van der Waals surface area contributed by atoms with Gasteiger partial charge in [-0.2, -0.15) is 5.10 Å². The third-order valence-corrected chi connectivity index (χ3v) is 5.94. The molecule has 2 atom stereocenters. The highest BCUT2D eigenvalue weighted by Crippen LogP contribution is 2.38. The Morgan fingerprint density at radius 3 is 2.83 bits per heavy atom.